The molecular formula is C14H19NO2. The summed E-state index contributed by atoms with van der Waals surface area (Å²) in [5.41, 5.74) is 1.06. The smallest absolute Gasteiger partial charge is 0.410 e. The summed E-state index contributed by atoms with van der Waals surface area (Å²) in [7, 11) is 0. The molecule has 92 valence electrons. The standard InChI is InChI=1S/C14H19NO2/c1-4-10-15-14(16)17-13-9-7-6-8-12(13)11(3)5-2/h4,6-11H,5H2,1-3H3,(H,15,16). The number of benzene rings is 1. The number of para-hydroxylation sites is 1. The number of rotatable bonds is 4. The van der Waals surface area contributed by atoms with Gasteiger partial charge < -0.3 is 4.74 Å². The van der Waals surface area contributed by atoms with Gasteiger partial charge in [-0.15, -0.1) is 0 Å². The van der Waals surface area contributed by atoms with Gasteiger partial charge in [-0.1, -0.05) is 38.1 Å². The quantitative estimate of drug-likeness (QED) is 0.858. The highest BCUT2D eigenvalue weighted by molar-refractivity contribution is 5.71. The second-order valence-corrected chi connectivity index (χ2v) is 3.88. The molecule has 1 unspecified atom stereocenters. The Labute approximate surface area is 102 Å². The van der Waals surface area contributed by atoms with Crippen molar-refractivity contribution in [2.45, 2.75) is 33.1 Å². The van der Waals surface area contributed by atoms with Gasteiger partial charge in [0.2, 0.25) is 0 Å². The van der Waals surface area contributed by atoms with Crippen LogP contribution in [-0.2, 0) is 0 Å². The van der Waals surface area contributed by atoms with Crippen molar-refractivity contribution in [3.05, 3.63) is 42.1 Å². The van der Waals surface area contributed by atoms with Crippen LogP contribution in [0.15, 0.2) is 36.5 Å². The maximum Gasteiger partial charge on any atom is 0.416 e. The number of carbonyl (C=O) groups excluding carboxylic acids is 1. The Morgan fingerprint density at radius 1 is 1.47 bits per heavy atom. The van der Waals surface area contributed by atoms with Gasteiger partial charge >= 0.3 is 6.09 Å². The molecule has 0 aliphatic heterocycles. The lowest BCUT2D eigenvalue weighted by atomic mass is 9.98. The summed E-state index contributed by atoms with van der Waals surface area (Å²) < 4.78 is 5.27. The van der Waals surface area contributed by atoms with Crippen molar-refractivity contribution in [1.82, 2.24) is 5.32 Å². The molecule has 0 heterocycles. The lowest BCUT2D eigenvalue weighted by molar-refractivity contribution is 0.204. The van der Waals surface area contributed by atoms with E-state index in [1.807, 2.05) is 31.2 Å². The molecule has 3 heteroatoms. The van der Waals surface area contributed by atoms with E-state index in [1.54, 1.807) is 12.3 Å². The van der Waals surface area contributed by atoms with Crippen molar-refractivity contribution < 1.29 is 9.53 Å². The molecule has 0 saturated carbocycles. The van der Waals surface area contributed by atoms with Crippen LogP contribution in [0.1, 0.15) is 38.7 Å². The molecule has 1 N–H and O–H groups in total. The Hall–Kier alpha value is -1.77. The van der Waals surface area contributed by atoms with Crippen LogP contribution in [0.3, 0.4) is 0 Å². The second kappa shape index (κ2) is 6.74. The molecule has 0 aromatic heterocycles. The van der Waals surface area contributed by atoms with Gasteiger partial charge in [0, 0.05) is 6.20 Å². The lowest BCUT2D eigenvalue weighted by Gasteiger charge is -2.14. The van der Waals surface area contributed by atoms with E-state index >= 15 is 0 Å². The molecular weight excluding hydrogens is 214 g/mol. The van der Waals surface area contributed by atoms with Crippen LogP contribution in [-0.4, -0.2) is 6.09 Å². The molecule has 1 aromatic rings. The van der Waals surface area contributed by atoms with Gasteiger partial charge in [-0.05, 0) is 30.9 Å². The largest absolute Gasteiger partial charge is 0.416 e. The molecule has 0 aliphatic carbocycles. The van der Waals surface area contributed by atoms with E-state index in [9.17, 15) is 4.79 Å². The summed E-state index contributed by atoms with van der Waals surface area (Å²) in [6.45, 7) is 6.06. The number of nitrogens with one attached hydrogen (secondary N) is 1. The Kier molecular flexibility index (Phi) is 5.27. The van der Waals surface area contributed by atoms with Crippen molar-refractivity contribution in [2.24, 2.45) is 0 Å². The summed E-state index contributed by atoms with van der Waals surface area (Å²) in [4.78, 5) is 11.4. The summed E-state index contributed by atoms with van der Waals surface area (Å²) in [6, 6.07) is 7.63. The van der Waals surface area contributed by atoms with Crippen molar-refractivity contribution in [1.29, 1.82) is 0 Å². The molecule has 0 saturated heterocycles. The minimum atomic E-state index is -0.459. The fourth-order valence-corrected chi connectivity index (χ4v) is 1.48. The van der Waals surface area contributed by atoms with Gasteiger partial charge in [0.05, 0.1) is 0 Å². The van der Waals surface area contributed by atoms with Gasteiger partial charge in [-0.2, -0.15) is 0 Å². The van der Waals surface area contributed by atoms with Crippen molar-refractivity contribution in [3.8, 4) is 5.75 Å². The molecule has 0 fully saturated rings. The number of hydrogen-bond donors (Lipinski definition) is 1. The fraction of sp³-hybridized carbons (Fsp3) is 0.357. The van der Waals surface area contributed by atoms with E-state index in [-0.39, 0.29) is 0 Å². The Balaban J connectivity index is 2.79. The SMILES string of the molecule is CC=CNC(=O)Oc1ccccc1C(C)CC. The van der Waals surface area contributed by atoms with Crippen LogP contribution in [0.2, 0.25) is 0 Å². The van der Waals surface area contributed by atoms with Gasteiger partial charge in [-0.25, -0.2) is 4.79 Å². The molecule has 17 heavy (non-hydrogen) atoms. The predicted molar refractivity (Wildman–Crippen MR) is 69.1 cm³/mol. The van der Waals surface area contributed by atoms with E-state index in [0.29, 0.717) is 11.7 Å². The molecule has 1 atom stereocenters. The fourth-order valence-electron chi connectivity index (χ4n) is 1.48. The first-order valence-electron chi connectivity index (χ1n) is 5.87. The monoisotopic (exact) mass is 233 g/mol. The highest BCUT2D eigenvalue weighted by atomic mass is 16.6. The van der Waals surface area contributed by atoms with E-state index < -0.39 is 6.09 Å². The van der Waals surface area contributed by atoms with Gasteiger partial charge in [0.1, 0.15) is 5.75 Å². The zero-order chi connectivity index (χ0) is 12.7. The third-order valence-electron chi connectivity index (χ3n) is 2.63. The third kappa shape index (κ3) is 3.94. The maximum atomic E-state index is 11.4. The van der Waals surface area contributed by atoms with Crippen LogP contribution in [0, 0.1) is 0 Å². The first kappa shape index (κ1) is 13.3. The zero-order valence-electron chi connectivity index (χ0n) is 10.6. The molecule has 0 radical (unpaired) electrons. The normalized spacial score (nSPS) is 12.4. The van der Waals surface area contributed by atoms with Crippen molar-refractivity contribution in [3.63, 3.8) is 0 Å². The first-order valence-corrected chi connectivity index (χ1v) is 5.87. The van der Waals surface area contributed by atoms with Crippen molar-refractivity contribution >= 4 is 6.09 Å². The molecule has 1 aromatic carbocycles. The van der Waals surface area contributed by atoms with Crippen LogP contribution >= 0.6 is 0 Å². The van der Waals surface area contributed by atoms with Crippen LogP contribution in [0.25, 0.3) is 0 Å². The Morgan fingerprint density at radius 3 is 2.82 bits per heavy atom. The van der Waals surface area contributed by atoms with E-state index in [4.69, 9.17) is 4.74 Å². The number of amides is 1. The molecule has 1 amide bonds. The van der Waals surface area contributed by atoms with Gasteiger partial charge in [-0.3, -0.25) is 5.32 Å². The highest BCUT2D eigenvalue weighted by Gasteiger charge is 2.11. The van der Waals surface area contributed by atoms with Crippen LogP contribution in [0.5, 0.6) is 5.75 Å². The molecule has 0 aliphatic rings. The molecule has 1 rings (SSSR count). The molecule has 0 spiro atoms. The van der Waals surface area contributed by atoms with Crippen LogP contribution < -0.4 is 10.1 Å². The third-order valence-corrected chi connectivity index (χ3v) is 2.63. The number of allylic oxidation sites excluding steroid dienone is 1. The van der Waals surface area contributed by atoms with Gasteiger partial charge in [0.25, 0.3) is 0 Å². The number of carbonyl (C=O) groups is 1. The highest BCUT2D eigenvalue weighted by Crippen LogP contribution is 2.28. The number of hydrogen-bond acceptors (Lipinski definition) is 2. The van der Waals surface area contributed by atoms with E-state index in [2.05, 4.69) is 19.2 Å². The average molecular weight is 233 g/mol. The minimum absolute atomic E-state index is 0.376. The van der Waals surface area contributed by atoms with Crippen molar-refractivity contribution in [2.75, 3.05) is 0 Å². The molecule has 3 nitrogen and oxygen atoms in total. The summed E-state index contributed by atoms with van der Waals surface area (Å²) >= 11 is 0. The molecule has 0 bridgehead atoms. The number of ether oxygens (including phenoxy) is 1. The second-order valence-electron chi connectivity index (χ2n) is 3.88. The summed E-state index contributed by atoms with van der Waals surface area (Å²) in [5.74, 6) is 1.00. The summed E-state index contributed by atoms with van der Waals surface area (Å²) in [5, 5.41) is 2.52. The Morgan fingerprint density at radius 2 is 2.18 bits per heavy atom. The first-order chi connectivity index (χ1) is 8.19. The Bertz CT molecular complexity index is 399. The maximum absolute atomic E-state index is 11.4. The van der Waals surface area contributed by atoms with E-state index in [1.165, 1.54) is 0 Å². The summed E-state index contributed by atoms with van der Waals surface area (Å²) in [6.07, 6.45) is 3.84. The average Bonchev–Trinajstić information content (AvgIpc) is 2.36. The van der Waals surface area contributed by atoms with Gasteiger partial charge in [0.15, 0.2) is 0 Å². The minimum Gasteiger partial charge on any atom is -0.410 e. The topological polar surface area (TPSA) is 38.3 Å². The predicted octanol–water partition coefficient (Wildman–Crippen LogP) is 3.82. The van der Waals surface area contributed by atoms with E-state index in [0.717, 1.165) is 12.0 Å². The lowest BCUT2D eigenvalue weighted by Crippen LogP contribution is -2.22. The van der Waals surface area contributed by atoms with Crippen LogP contribution in [0.4, 0.5) is 4.79 Å². The zero-order valence-corrected chi connectivity index (χ0v) is 10.6.